The van der Waals surface area contributed by atoms with Gasteiger partial charge in [0.1, 0.15) is 6.04 Å². The number of hydrogen-bond acceptors (Lipinski definition) is 3. The van der Waals surface area contributed by atoms with Crippen LogP contribution in [0.25, 0.3) is 0 Å². The smallest absolute Gasteiger partial charge is 0.319 e. The number of amides is 5. The highest BCUT2D eigenvalue weighted by Crippen LogP contribution is 2.18. The first-order valence-electron chi connectivity index (χ1n) is 12.3. The van der Waals surface area contributed by atoms with Crippen molar-refractivity contribution < 1.29 is 14.4 Å². The van der Waals surface area contributed by atoms with E-state index in [1.807, 2.05) is 80.3 Å². The van der Waals surface area contributed by atoms with E-state index in [2.05, 4.69) is 21.3 Å². The first-order chi connectivity index (χ1) is 16.8. The third-order valence-corrected chi connectivity index (χ3v) is 6.21. The Kier molecular flexibility index (Phi) is 9.52. The molecule has 0 saturated carbocycles. The highest BCUT2D eigenvalue weighted by atomic mass is 16.2. The molecule has 0 aliphatic carbocycles. The second-order valence-electron chi connectivity index (χ2n) is 9.53. The largest absolute Gasteiger partial charge is 0.341 e. The summed E-state index contributed by atoms with van der Waals surface area (Å²) in [5, 5.41) is 11.5. The molecule has 1 saturated heterocycles. The van der Waals surface area contributed by atoms with E-state index >= 15 is 0 Å². The number of rotatable bonds is 8. The van der Waals surface area contributed by atoms with E-state index in [0.29, 0.717) is 26.2 Å². The number of likely N-dealkylation sites (tertiary alicyclic amines) is 1. The number of nitrogens with zero attached hydrogens (tertiary/aromatic N) is 1. The van der Waals surface area contributed by atoms with Crippen LogP contribution in [-0.2, 0) is 11.3 Å². The summed E-state index contributed by atoms with van der Waals surface area (Å²) >= 11 is 0. The Morgan fingerprint density at radius 3 is 2.37 bits per heavy atom. The van der Waals surface area contributed by atoms with Crippen molar-refractivity contribution in [3.8, 4) is 0 Å². The van der Waals surface area contributed by atoms with Crippen LogP contribution >= 0.6 is 0 Å². The summed E-state index contributed by atoms with van der Waals surface area (Å²) < 4.78 is 0. The lowest BCUT2D eigenvalue weighted by atomic mass is 9.95. The van der Waals surface area contributed by atoms with Gasteiger partial charge in [0, 0.05) is 31.9 Å². The van der Waals surface area contributed by atoms with E-state index in [1.54, 1.807) is 0 Å². The number of carbonyl (C=O) groups is 3. The van der Waals surface area contributed by atoms with Gasteiger partial charge in [0.2, 0.25) is 5.91 Å². The molecule has 1 aliphatic heterocycles. The van der Waals surface area contributed by atoms with Gasteiger partial charge in [-0.1, -0.05) is 61.9 Å². The van der Waals surface area contributed by atoms with Crippen molar-refractivity contribution in [3.63, 3.8) is 0 Å². The number of urea groups is 2. The zero-order valence-electron chi connectivity index (χ0n) is 20.8. The Bertz CT molecular complexity index is 978. The maximum Gasteiger partial charge on any atom is 0.319 e. The van der Waals surface area contributed by atoms with Gasteiger partial charge in [-0.3, -0.25) is 4.79 Å². The van der Waals surface area contributed by atoms with Gasteiger partial charge in [0.25, 0.3) is 0 Å². The second kappa shape index (κ2) is 12.8. The SMILES string of the molecule is Cc1ccc(NC(=O)NCC2CCCN(C(=O)C(NC(=O)NCc3ccccc3)C(C)C)C2)cc1. The van der Waals surface area contributed by atoms with Crippen LogP contribution in [0.2, 0.25) is 0 Å². The minimum atomic E-state index is -0.609. The first kappa shape index (κ1) is 26.1. The zero-order chi connectivity index (χ0) is 25.2. The molecular weight excluding hydrogens is 442 g/mol. The zero-order valence-corrected chi connectivity index (χ0v) is 20.8. The highest BCUT2D eigenvalue weighted by molar-refractivity contribution is 5.89. The molecule has 2 atom stereocenters. The summed E-state index contributed by atoms with van der Waals surface area (Å²) in [5.74, 6) is 0.0311. The fourth-order valence-corrected chi connectivity index (χ4v) is 4.16. The molecule has 1 aliphatic rings. The van der Waals surface area contributed by atoms with Crippen LogP contribution in [-0.4, -0.2) is 48.5 Å². The van der Waals surface area contributed by atoms with Crippen molar-refractivity contribution in [1.29, 1.82) is 0 Å². The Balaban J connectivity index is 1.47. The van der Waals surface area contributed by atoms with Crippen molar-refractivity contribution in [2.45, 2.75) is 46.2 Å². The Morgan fingerprint density at radius 2 is 1.69 bits per heavy atom. The molecular formula is C27H37N5O3. The van der Waals surface area contributed by atoms with Gasteiger partial charge in [-0.05, 0) is 49.3 Å². The van der Waals surface area contributed by atoms with Gasteiger partial charge < -0.3 is 26.2 Å². The molecule has 0 spiro atoms. The number of aryl methyl sites for hydroxylation is 1. The minimum Gasteiger partial charge on any atom is -0.341 e. The number of anilines is 1. The molecule has 0 aromatic heterocycles. The normalized spacial score (nSPS) is 16.3. The predicted octanol–water partition coefficient (Wildman–Crippen LogP) is 3.88. The molecule has 2 aromatic carbocycles. The lowest BCUT2D eigenvalue weighted by Crippen LogP contribution is -2.55. The average molecular weight is 480 g/mol. The summed E-state index contributed by atoms with van der Waals surface area (Å²) in [6, 6.07) is 16.0. The number of nitrogens with one attached hydrogen (secondary N) is 4. The van der Waals surface area contributed by atoms with Crippen molar-refractivity contribution in [3.05, 3.63) is 65.7 Å². The minimum absolute atomic E-state index is 0.0521. The van der Waals surface area contributed by atoms with Crippen LogP contribution in [0.1, 0.15) is 37.8 Å². The maximum atomic E-state index is 13.3. The molecule has 4 N–H and O–H groups in total. The van der Waals surface area contributed by atoms with Crippen LogP contribution in [0.3, 0.4) is 0 Å². The summed E-state index contributed by atoms with van der Waals surface area (Å²) in [7, 11) is 0. The number of piperidine rings is 1. The molecule has 0 radical (unpaired) electrons. The quantitative estimate of drug-likeness (QED) is 0.462. The van der Waals surface area contributed by atoms with Gasteiger partial charge in [0.05, 0.1) is 0 Å². The maximum absolute atomic E-state index is 13.3. The van der Waals surface area contributed by atoms with Gasteiger partial charge in [-0.25, -0.2) is 9.59 Å². The number of carbonyl (C=O) groups excluding carboxylic acids is 3. The monoisotopic (exact) mass is 479 g/mol. The molecule has 8 heteroatoms. The van der Waals surface area contributed by atoms with E-state index in [-0.39, 0.29) is 29.8 Å². The fraction of sp³-hybridized carbons (Fsp3) is 0.444. The molecule has 5 amide bonds. The Hall–Kier alpha value is -3.55. The molecule has 8 nitrogen and oxygen atoms in total. The number of benzene rings is 2. The molecule has 188 valence electrons. The van der Waals surface area contributed by atoms with Crippen molar-refractivity contribution >= 4 is 23.7 Å². The third-order valence-electron chi connectivity index (χ3n) is 6.21. The van der Waals surface area contributed by atoms with Crippen LogP contribution in [0.5, 0.6) is 0 Å². The molecule has 0 bridgehead atoms. The molecule has 35 heavy (non-hydrogen) atoms. The topological polar surface area (TPSA) is 103 Å². The van der Waals surface area contributed by atoms with E-state index in [4.69, 9.17) is 0 Å². The van der Waals surface area contributed by atoms with Crippen molar-refractivity contribution in [1.82, 2.24) is 20.9 Å². The predicted molar refractivity (Wildman–Crippen MR) is 138 cm³/mol. The Morgan fingerprint density at radius 1 is 0.971 bits per heavy atom. The van der Waals surface area contributed by atoms with Gasteiger partial charge in [0.15, 0.2) is 0 Å². The third kappa shape index (κ3) is 8.31. The summed E-state index contributed by atoms with van der Waals surface area (Å²) in [4.78, 5) is 39.9. The van der Waals surface area contributed by atoms with E-state index in [9.17, 15) is 14.4 Å². The molecule has 3 rings (SSSR count). The van der Waals surface area contributed by atoms with Crippen LogP contribution in [0, 0.1) is 18.8 Å². The molecule has 1 heterocycles. The lowest BCUT2D eigenvalue weighted by Gasteiger charge is -2.36. The van der Waals surface area contributed by atoms with E-state index < -0.39 is 6.04 Å². The van der Waals surface area contributed by atoms with Crippen molar-refractivity contribution in [2.75, 3.05) is 25.0 Å². The summed E-state index contributed by atoms with van der Waals surface area (Å²) in [6.07, 6.45) is 1.80. The molecule has 2 unspecified atom stereocenters. The van der Waals surface area contributed by atoms with Crippen molar-refractivity contribution in [2.24, 2.45) is 11.8 Å². The number of hydrogen-bond donors (Lipinski definition) is 4. The van der Waals surface area contributed by atoms with Gasteiger partial charge in [-0.2, -0.15) is 0 Å². The fourth-order valence-electron chi connectivity index (χ4n) is 4.16. The van der Waals surface area contributed by atoms with Crippen LogP contribution < -0.4 is 21.3 Å². The lowest BCUT2D eigenvalue weighted by molar-refractivity contribution is -0.136. The van der Waals surface area contributed by atoms with Crippen LogP contribution in [0.15, 0.2) is 54.6 Å². The first-order valence-corrected chi connectivity index (χ1v) is 12.3. The second-order valence-corrected chi connectivity index (χ2v) is 9.53. The van der Waals surface area contributed by atoms with Gasteiger partial charge in [-0.15, -0.1) is 0 Å². The average Bonchev–Trinajstić information content (AvgIpc) is 2.86. The van der Waals surface area contributed by atoms with Crippen LogP contribution in [0.4, 0.5) is 15.3 Å². The summed E-state index contributed by atoms with van der Waals surface area (Å²) in [5.41, 5.74) is 2.86. The Labute approximate surface area is 207 Å². The van der Waals surface area contributed by atoms with E-state index in [0.717, 1.165) is 29.7 Å². The molecule has 1 fully saturated rings. The van der Waals surface area contributed by atoms with E-state index in [1.165, 1.54) is 0 Å². The highest BCUT2D eigenvalue weighted by Gasteiger charge is 2.31. The molecule has 2 aromatic rings. The standard InChI is InChI=1S/C27H37N5O3/c1-19(2)24(31-27(35)28-16-21-8-5-4-6-9-21)25(33)32-15-7-10-22(18-32)17-29-26(34)30-23-13-11-20(3)12-14-23/h4-6,8-9,11-14,19,22,24H,7,10,15-18H2,1-3H3,(H2,28,31,35)(H2,29,30,34). The summed E-state index contributed by atoms with van der Waals surface area (Å²) in [6.45, 7) is 7.95. The van der Waals surface area contributed by atoms with Gasteiger partial charge >= 0.3 is 12.1 Å².